The van der Waals surface area contributed by atoms with Gasteiger partial charge in [0.05, 0.1) is 0 Å². The second-order valence-electron chi connectivity index (χ2n) is 8.25. The highest BCUT2D eigenvalue weighted by molar-refractivity contribution is 5.99. The first kappa shape index (κ1) is 16.5. The van der Waals surface area contributed by atoms with Gasteiger partial charge in [0.2, 0.25) is 0 Å². The van der Waals surface area contributed by atoms with Gasteiger partial charge in [0.25, 0.3) is 5.91 Å². The molecule has 1 atom stereocenters. The third-order valence-electron chi connectivity index (χ3n) is 6.01. The molecule has 1 aromatic rings. The van der Waals surface area contributed by atoms with E-state index in [0.29, 0.717) is 29.9 Å². The lowest BCUT2D eigenvalue weighted by molar-refractivity contribution is -0.233. The summed E-state index contributed by atoms with van der Waals surface area (Å²) in [5.41, 5.74) is -1.72. The minimum Gasteiger partial charge on any atom is -0.384 e. The van der Waals surface area contributed by atoms with E-state index in [2.05, 4.69) is 20.8 Å². The first-order valence-electron chi connectivity index (χ1n) is 8.44. The van der Waals surface area contributed by atoms with Gasteiger partial charge in [0, 0.05) is 18.2 Å². The fourth-order valence-electron chi connectivity index (χ4n) is 4.35. The molecule has 1 aromatic carbocycles. The predicted molar refractivity (Wildman–Crippen MR) is 88.8 cm³/mol. The lowest BCUT2D eigenvalue weighted by Gasteiger charge is -2.50. The normalized spacial score (nSPS) is 34.6. The summed E-state index contributed by atoms with van der Waals surface area (Å²) in [4.78, 5) is 13.8. The Labute approximate surface area is 138 Å². The van der Waals surface area contributed by atoms with Crippen molar-refractivity contribution in [1.82, 2.24) is 4.90 Å². The first-order chi connectivity index (χ1) is 10.6. The number of carbonyl (C=O) groups excluding carboxylic acids is 1. The lowest BCUT2D eigenvalue weighted by Crippen LogP contribution is -2.60. The second-order valence-corrected chi connectivity index (χ2v) is 8.25. The zero-order valence-corrected chi connectivity index (χ0v) is 14.5. The number of hydrogen-bond acceptors (Lipinski definition) is 3. The minimum atomic E-state index is -1.64. The SMILES string of the molecule is CN1C(=O)c2ccccc2[C@]1(O)C1(O)CCC(C(C)(C)C)CC1. The van der Waals surface area contributed by atoms with Crippen LogP contribution >= 0.6 is 0 Å². The molecular weight excluding hydrogens is 290 g/mol. The summed E-state index contributed by atoms with van der Waals surface area (Å²) in [6, 6.07) is 7.07. The van der Waals surface area contributed by atoms with Crippen LogP contribution < -0.4 is 0 Å². The largest absolute Gasteiger partial charge is 0.384 e. The monoisotopic (exact) mass is 317 g/mol. The molecule has 1 saturated carbocycles. The van der Waals surface area contributed by atoms with Crippen LogP contribution in [0.15, 0.2) is 24.3 Å². The Kier molecular flexibility index (Phi) is 3.62. The molecule has 1 fully saturated rings. The van der Waals surface area contributed by atoms with Crippen molar-refractivity contribution < 1.29 is 15.0 Å². The highest BCUT2D eigenvalue weighted by Crippen LogP contribution is 2.52. The van der Waals surface area contributed by atoms with Gasteiger partial charge in [-0.2, -0.15) is 0 Å². The number of likely N-dealkylation sites (N-methyl/N-ethyl adjacent to an activating group) is 1. The van der Waals surface area contributed by atoms with Crippen molar-refractivity contribution >= 4 is 5.91 Å². The summed E-state index contributed by atoms with van der Waals surface area (Å²) in [7, 11) is 1.58. The van der Waals surface area contributed by atoms with Gasteiger partial charge in [-0.1, -0.05) is 39.0 Å². The molecule has 0 unspecified atom stereocenters. The van der Waals surface area contributed by atoms with E-state index in [1.807, 2.05) is 0 Å². The maximum absolute atomic E-state index is 12.5. The predicted octanol–water partition coefficient (Wildman–Crippen LogP) is 2.88. The molecule has 23 heavy (non-hydrogen) atoms. The number of nitrogens with zero attached hydrogens (tertiary/aromatic N) is 1. The molecule has 0 saturated heterocycles. The molecule has 4 nitrogen and oxygen atoms in total. The van der Waals surface area contributed by atoms with Crippen molar-refractivity contribution in [2.75, 3.05) is 7.05 Å². The summed E-state index contributed by atoms with van der Waals surface area (Å²) in [5, 5.41) is 22.7. The van der Waals surface area contributed by atoms with Crippen molar-refractivity contribution in [2.45, 2.75) is 57.8 Å². The number of aliphatic hydroxyl groups is 2. The quantitative estimate of drug-likeness (QED) is 0.837. The van der Waals surface area contributed by atoms with Crippen LogP contribution in [-0.2, 0) is 5.72 Å². The number of benzene rings is 1. The molecule has 1 aliphatic carbocycles. The van der Waals surface area contributed by atoms with Crippen molar-refractivity contribution in [3.63, 3.8) is 0 Å². The summed E-state index contributed by atoms with van der Waals surface area (Å²) >= 11 is 0. The van der Waals surface area contributed by atoms with E-state index < -0.39 is 11.3 Å². The number of fused-ring (bicyclic) bond motifs is 1. The molecule has 4 heteroatoms. The van der Waals surface area contributed by atoms with Crippen molar-refractivity contribution in [1.29, 1.82) is 0 Å². The summed E-state index contributed by atoms with van der Waals surface area (Å²) in [5.74, 6) is 0.290. The molecule has 0 spiro atoms. The van der Waals surface area contributed by atoms with Crippen LogP contribution in [0.2, 0.25) is 0 Å². The van der Waals surface area contributed by atoms with Crippen LogP contribution in [0.25, 0.3) is 0 Å². The Bertz CT molecular complexity index is 626. The van der Waals surface area contributed by atoms with Crippen molar-refractivity contribution in [3.05, 3.63) is 35.4 Å². The van der Waals surface area contributed by atoms with Crippen molar-refractivity contribution in [2.24, 2.45) is 11.3 Å². The van der Waals surface area contributed by atoms with Gasteiger partial charge < -0.3 is 15.1 Å². The third-order valence-corrected chi connectivity index (χ3v) is 6.01. The van der Waals surface area contributed by atoms with E-state index >= 15 is 0 Å². The summed E-state index contributed by atoms with van der Waals surface area (Å²) in [6.07, 6.45) is 2.70. The zero-order chi connectivity index (χ0) is 17.0. The molecule has 1 amide bonds. The highest BCUT2D eigenvalue weighted by Gasteiger charge is 2.60. The van der Waals surface area contributed by atoms with Gasteiger partial charge in [0.1, 0.15) is 5.60 Å². The fourth-order valence-corrected chi connectivity index (χ4v) is 4.35. The van der Waals surface area contributed by atoms with Crippen LogP contribution in [0.4, 0.5) is 0 Å². The van der Waals surface area contributed by atoms with Crippen LogP contribution in [0, 0.1) is 11.3 Å². The molecule has 2 N–H and O–H groups in total. The summed E-state index contributed by atoms with van der Waals surface area (Å²) in [6.45, 7) is 6.66. The summed E-state index contributed by atoms with van der Waals surface area (Å²) < 4.78 is 0. The maximum Gasteiger partial charge on any atom is 0.256 e. The second kappa shape index (κ2) is 5.05. The van der Waals surface area contributed by atoms with Crippen LogP contribution in [0.3, 0.4) is 0 Å². The average Bonchev–Trinajstić information content (AvgIpc) is 2.70. The lowest BCUT2D eigenvalue weighted by atomic mass is 9.65. The molecule has 0 aromatic heterocycles. The maximum atomic E-state index is 12.5. The number of amides is 1. The number of hydrogen-bond donors (Lipinski definition) is 2. The Hall–Kier alpha value is -1.39. The minimum absolute atomic E-state index is 0.194. The Morgan fingerprint density at radius 2 is 1.70 bits per heavy atom. The van der Waals surface area contributed by atoms with Gasteiger partial charge in [-0.05, 0) is 43.1 Å². The average molecular weight is 317 g/mol. The molecular formula is C19H27NO3. The van der Waals surface area contributed by atoms with E-state index in [9.17, 15) is 15.0 Å². The topological polar surface area (TPSA) is 60.8 Å². The van der Waals surface area contributed by atoms with Crippen LogP contribution in [0.1, 0.15) is 62.4 Å². The molecule has 126 valence electrons. The van der Waals surface area contributed by atoms with Gasteiger partial charge in [0.15, 0.2) is 5.72 Å². The van der Waals surface area contributed by atoms with Gasteiger partial charge in [-0.3, -0.25) is 4.79 Å². The van der Waals surface area contributed by atoms with Crippen molar-refractivity contribution in [3.8, 4) is 0 Å². The van der Waals surface area contributed by atoms with E-state index in [1.54, 1.807) is 31.3 Å². The fraction of sp³-hybridized carbons (Fsp3) is 0.632. The van der Waals surface area contributed by atoms with Crippen LogP contribution in [-0.4, -0.2) is 33.7 Å². The Morgan fingerprint density at radius 1 is 1.13 bits per heavy atom. The van der Waals surface area contributed by atoms with Crippen LogP contribution in [0.5, 0.6) is 0 Å². The Morgan fingerprint density at radius 3 is 2.26 bits per heavy atom. The van der Waals surface area contributed by atoms with Gasteiger partial charge >= 0.3 is 0 Å². The molecule has 3 rings (SSSR count). The van der Waals surface area contributed by atoms with E-state index in [4.69, 9.17) is 0 Å². The van der Waals surface area contributed by atoms with E-state index in [0.717, 1.165) is 12.8 Å². The molecule has 0 bridgehead atoms. The van der Waals surface area contributed by atoms with Gasteiger partial charge in [-0.15, -0.1) is 0 Å². The number of rotatable bonds is 1. The standard InChI is InChI=1S/C19H27NO3/c1-17(2,3)13-9-11-18(22,12-10-13)19(23)15-8-6-5-7-14(15)16(21)20(19)4/h5-8,13,22-23H,9-12H2,1-4H3/t13?,18?,19-/m0/s1. The van der Waals surface area contributed by atoms with E-state index in [1.165, 1.54) is 4.90 Å². The highest BCUT2D eigenvalue weighted by atomic mass is 16.4. The zero-order valence-electron chi connectivity index (χ0n) is 14.5. The molecule has 1 aliphatic heterocycles. The Balaban J connectivity index is 1.96. The molecule has 0 radical (unpaired) electrons. The molecule has 1 heterocycles. The molecule has 2 aliphatic rings. The van der Waals surface area contributed by atoms with E-state index in [-0.39, 0.29) is 11.3 Å². The first-order valence-corrected chi connectivity index (χ1v) is 8.44. The number of carbonyl (C=O) groups is 1. The van der Waals surface area contributed by atoms with Gasteiger partial charge in [-0.25, -0.2) is 0 Å². The smallest absolute Gasteiger partial charge is 0.256 e. The third kappa shape index (κ3) is 2.23.